The van der Waals surface area contributed by atoms with E-state index in [1.54, 1.807) is 36.7 Å². The van der Waals surface area contributed by atoms with Crippen LogP contribution in [-0.2, 0) is 6.54 Å². The Morgan fingerprint density at radius 1 is 1.19 bits per heavy atom. The van der Waals surface area contributed by atoms with Crippen LogP contribution in [0.5, 0.6) is 0 Å². The van der Waals surface area contributed by atoms with E-state index in [2.05, 4.69) is 16.0 Å². The van der Waals surface area contributed by atoms with Gasteiger partial charge in [0.2, 0.25) is 0 Å². The van der Waals surface area contributed by atoms with Gasteiger partial charge in [0.1, 0.15) is 0 Å². The molecule has 21 heavy (non-hydrogen) atoms. The van der Waals surface area contributed by atoms with Crippen LogP contribution in [0.3, 0.4) is 0 Å². The lowest BCUT2D eigenvalue weighted by molar-refractivity contribution is 0.0929. The van der Waals surface area contributed by atoms with Gasteiger partial charge in [-0.1, -0.05) is 19.1 Å². The van der Waals surface area contributed by atoms with Crippen LogP contribution in [0.2, 0.25) is 0 Å². The fraction of sp³-hybridized carbons (Fsp3) is 0.235. The van der Waals surface area contributed by atoms with Gasteiger partial charge in [-0.25, -0.2) is 0 Å². The summed E-state index contributed by atoms with van der Waals surface area (Å²) in [6.07, 6.45) is 3.51. The van der Waals surface area contributed by atoms with Gasteiger partial charge in [-0.15, -0.1) is 0 Å². The first-order chi connectivity index (χ1) is 10.2. The Balaban J connectivity index is 2.00. The maximum atomic E-state index is 12.3. The molecule has 0 saturated heterocycles. The molecule has 0 atom stereocenters. The first-order valence-electron chi connectivity index (χ1n) is 6.87. The summed E-state index contributed by atoms with van der Waals surface area (Å²) in [5.41, 5.74) is 2.34. The summed E-state index contributed by atoms with van der Waals surface area (Å²) in [6, 6.07) is 12.7. The van der Waals surface area contributed by atoms with Crippen LogP contribution in [-0.4, -0.2) is 28.8 Å². The highest BCUT2D eigenvalue weighted by atomic mass is 16.1. The molecule has 4 heteroatoms. The lowest BCUT2D eigenvalue weighted by Crippen LogP contribution is -2.29. The number of rotatable bonds is 6. The van der Waals surface area contributed by atoms with Crippen molar-refractivity contribution in [2.75, 3.05) is 13.1 Å². The Hall–Kier alpha value is -2.51. The van der Waals surface area contributed by atoms with Gasteiger partial charge < -0.3 is 0 Å². The number of aromatic nitrogens is 1. The molecule has 0 amide bonds. The van der Waals surface area contributed by atoms with E-state index in [9.17, 15) is 4.79 Å². The molecule has 1 aromatic heterocycles. The minimum Gasteiger partial charge on any atom is -0.293 e. The molecule has 0 N–H and O–H groups in total. The molecule has 0 aliphatic carbocycles. The van der Waals surface area contributed by atoms with Crippen LogP contribution in [0.4, 0.5) is 0 Å². The second-order valence-electron chi connectivity index (χ2n) is 4.77. The lowest BCUT2D eigenvalue weighted by Gasteiger charge is -2.19. The molecule has 2 aromatic rings. The molecular formula is C17H17N3O. The van der Waals surface area contributed by atoms with Crippen molar-refractivity contribution in [1.29, 1.82) is 5.26 Å². The van der Waals surface area contributed by atoms with Crippen molar-refractivity contribution in [3.8, 4) is 6.07 Å². The van der Waals surface area contributed by atoms with E-state index >= 15 is 0 Å². The van der Waals surface area contributed by atoms with Crippen LogP contribution in [0.25, 0.3) is 0 Å². The maximum Gasteiger partial charge on any atom is 0.176 e. The molecule has 0 aliphatic rings. The molecular weight excluding hydrogens is 262 g/mol. The quantitative estimate of drug-likeness (QED) is 0.763. The molecule has 0 bridgehead atoms. The Kier molecular flexibility index (Phi) is 5.19. The van der Waals surface area contributed by atoms with Crippen LogP contribution < -0.4 is 0 Å². The van der Waals surface area contributed by atoms with E-state index in [4.69, 9.17) is 5.26 Å². The number of nitrogens with zero attached hydrogens (tertiary/aromatic N) is 3. The van der Waals surface area contributed by atoms with Crippen molar-refractivity contribution in [1.82, 2.24) is 9.88 Å². The zero-order valence-electron chi connectivity index (χ0n) is 12.0. The predicted molar refractivity (Wildman–Crippen MR) is 80.7 cm³/mol. The Bertz CT molecular complexity index is 629. The van der Waals surface area contributed by atoms with Gasteiger partial charge in [0.05, 0.1) is 18.2 Å². The summed E-state index contributed by atoms with van der Waals surface area (Å²) < 4.78 is 0. The third-order valence-corrected chi connectivity index (χ3v) is 3.31. The smallest absolute Gasteiger partial charge is 0.176 e. The Morgan fingerprint density at radius 3 is 2.43 bits per heavy atom. The summed E-state index contributed by atoms with van der Waals surface area (Å²) >= 11 is 0. The number of ketones is 1. The molecule has 1 heterocycles. The number of nitriles is 1. The van der Waals surface area contributed by atoms with Gasteiger partial charge in [-0.2, -0.15) is 5.26 Å². The molecule has 0 spiro atoms. The third-order valence-electron chi connectivity index (χ3n) is 3.31. The first-order valence-corrected chi connectivity index (χ1v) is 6.87. The number of likely N-dealkylation sites (N-methyl/N-ethyl adjacent to an activating group) is 1. The largest absolute Gasteiger partial charge is 0.293 e. The molecule has 0 saturated carbocycles. The van der Waals surface area contributed by atoms with Crippen LogP contribution >= 0.6 is 0 Å². The fourth-order valence-corrected chi connectivity index (χ4v) is 2.05. The summed E-state index contributed by atoms with van der Waals surface area (Å²) in [5.74, 6) is 0.0652. The van der Waals surface area contributed by atoms with Crippen molar-refractivity contribution in [3.05, 3.63) is 65.5 Å². The molecule has 0 unspecified atom stereocenters. The number of hydrogen-bond acceptors (Lipinski definition) is 4. The van der Waals surface area contributed by atoms with Gasteiger partial charge in [0, 0.05) is 24.5 Å². The number of benzene rings is 1. The highest BCUT2D eigenvalue weighted by molar-refractivity contribution is 5.97. The van der Waals surface area contributed by atoms with Crippen molar-refractivity contribution < 1.29 is 4.79 Å². The Morgan fingerprint density at radius 2 is 1.86 bits per heavy atom. The molecule has 0 radical (unpaired) electrons. The second kappa shape index (κ2) is 7.32. The standard InChI is InChI=1S/C17H17N3O/c1-2-20(12-15-7-9-19-10-8-15)13-17(21)16-5-3-14(11-18)4-6-16/h3-10H,2,12-13H2,1H3. The maximum absolute atomic E-state index is 12.3. The first kappa shape index (κ1) is 14.9. The number of pyridine rings is 1. The zero-order chi connectivity index (χ0) is 15.1. The monoisotopic (exact) mass is 279 g/mol. The van der Waals surface area contributed by atoms with E-state index in [0.717, 1.165) is 18.7 Å². The van der Waals surface area contributed by atoms with Crippen molar-refractivity contribution in [3.63, 3.8) is 0 Å². The van der Waals surface area contributed by atoms with Crippen molar-refractivity contribution >= 4 is 5.78 Å². The van der Waals surface area contributed by atoms with Crippen molar-refractivity contribution in [2.24, 2.45) is 0 Å². The molecule has 2 rings (SSSR count). The molecule has 4 nitrogen and oxygen atoms in total. The number of Topliss-reactive ketones (excluding diaryl/α,β-unsaturated/α-hetero) is 1. The van der Waals surface area contributed by atoms with Crippen LogP contribution in [0.1, 0.15) is 28.4 Å². The minimum absolute atomic E-state index is 0.0652. The highest BCUT2D eigenvalue weighted by Crippen LogP contribution is 2.08. The molecule has 106 valence electrons. The topological polar surface area (TPSA) is 57.0 Å². The van der Waals surface area contributed by atoms with E-state index in [-0.39, 0.29) is 5.78 Å². The van der Waals surface area contributed by atoms with Gasteiger partial charge in [-0.05, 0) is 36.4 Å². The summed E-state index contributed by atoms with van der Waals surface area (Å²) in [6.45, 7) is 3.92. The average Bonchev–Trinajstić information content (AvgIpc) is 2.55. The highest BCUT2D eigenvalue weighted by Gasteiger charge is 2.11. The minimum atomic E-state index is 0.0652. The summed E-state index contributed by atoms with van der Waals surface area (Å²) in [5, 5.41) is 8.77. The SMILES string of the molecule is CCN(CC(=O)c1ccc(C#N)cc1)Cc1ccncc1. The molecule has 0 aliphatic heterocycles. The van der Waals surface area contributed by atoms with Crippen LogP contribution in [0.15, 0.2) is 48.8 Å². The van der Waals surface area contributed by atoms with E-state index in [0.29, 0.717) is 17.7 Å². The van der Waals surface area contributed by atoms with E-state index in [1.807, 2.05) is 19.1 Å². The summed E-state index contributed by atoms with van der Waals surface area (Å²) in [7, 11) is 0. The number of carbonyl (C=O) groups excluding carboxylic acids is 1. The van der Waals surface area contributed by atoms with Crippen molar-refractivity contribution in [2.45, 2.75) is 13.5 Å². The van der Waals surface area contributed by atoms with E-state index in [1.165, 1.54) is 0 Å². The lowest BCUT2D eigenvalue weighted by atomic mass is 10.1. The fourth-order valence-electron chi connectivity index (χ4n) is 2.05. The average molecular weight is 279 g/mol. The third kappa shape index (κ3) is 4.23. The van der Waals surface area contributed by atoms with Gasteiger partial charge in [0.25, 0.3) is 0 Å². The zero-order valence-corrected chi connectivity index (χ0v) is 12.0. The normalized spacial score (nSPS) is 10.3. The Labute approximate surface area is 124 Å². The predicted octanol–water partition coefficient (Wildman–Crippen LogP) is 2.66. The number of hydrogen-bond donors (Lipinski definition) is 0. The summed E-state index contributed by atoms with van der Waals surface area (Å²) in [4.78, 5) is 18.3. The van der Waals surface area contributed by atoms with Gasteiger partial charge in [-0.3, -0.25) is 14.7 Å². The second-order valence-corrected chi connectivity index (χ2v) is 4.77. The van der Waals surface area contributed by atoms with Gasteiger partial charge in [0.15, 0.2) is 5.78 Å². The van der Waals surface area contributed by atoms with Gasteiger partial charge >= 0.3 is 0 Å². The van der Waals surface area contributed by atoms with E-state index < -0.39 is 0 Å². The number of carbonyl (C=O) groups is 1. The molecule has 1 aromatic carbocycles. The molecule has 0 fully saturated rings. The van der Waals surface area contributed by atoms with Crippen LogP contribution in [0, 0.1) is 11.3 Å².